The van der Waals surface area contributed by atoms with Crippen LogP contribution in [0, 0.1) is 5.92 Å². The fourth-order valence-corrected chi connectivity index (χ4v) is 4.17. The third kappa shape index (κ3) is 2.55. The molecule has 0 saturated carbocycles. The Bertz CT molecular complexity index is 932. The number of H-pyrrole nitrogens is 1. The third-order valence-electron chi connectivity index (χ3n) is 5.49. The molecule has 5 heteroatoms. The molecule has 3 heterocycles. The fraction of sp³-hybridized carbons (Fsp3) is 0.333. The van der Waals surface area contributed by atoms with Gasteiger partial charge < -0.3 is 14.6 Å². The number of para-hydroxylation sites is 3. The number of hydrogen-bond acceptors (Lipinski definition) is 3. The van der Waals surface area contributed by atoms with E-state index in [1.165, 1.54) is 0 Å². The van der Waals surface area contributed by atoms with E-state index in [-0.39, 0.29) is 17.9 Å². The molecule has 1 saturated heterocycles. The number of hydrogen-bond donors (Lipinski definition) is 1. The van der Waals surface area contributed by atoms with Crippen LogP contribution in [0.15, 0.2) is 48.5 Å². The summed E-state index contributed by atoms with van der Waals surface area (Å²) in [5.74, 6) is 1.87. The summed E-state index contributed by atoms with van der Waals surface area (Å²) in [7, 11) is 0. The molecule has 2 aromatic carbocycles. The first-order valence-electron chi connectivity index (χ1n) is 9.25. The average Bonchev–Trinajstić information content (AvgIpc) is 3.33. The summed E-state index contributed by atoms with van der Waals surface area (Å²) >= 11 is 0. The van der Waals surface area contributed by atoms with Crippen molar-refractivity contribution in [3.63, 3.8) is 0 Å². The van der Waals surface area contributed by atoms with Crippen LogP contribution in [0.25, 0.3) is 11.0 Å². The zero-order valence-electron chi connectivity index (χ0n) is 14.5. The Balaban J connectivity index is 1.39. The van der Waals surface area contributed by atoms with Gasteiger partial charge in [0.2, 0.25) is 5.91 Å². The molecule has 0 aliphatic carbocycles. The highest BCUT2D eigenvalue weighted by Crippen LogP contribution is 2.35. The van der Waals surface area contributed by atoms with Gasteiger partial charge in [0.1, 0.15) is 18.2 Å². The van der Waals surface area contributed by atoms with E-state index < -0.39 is 0 Å². The zero-order valence-corrected chi connectivity index (χ0v) is 14.5. The molecule has 0 radical (unpaired) electrons. The van der Waals surface area contributed by atoms with Crippen LogP contribution in [0.4, 0.5) is 0 Å². The Morgan fingerprint density at radius 1 is 1.15 bits per heavy atom. The number of ether oxygens (including phenoxy) is 1. The number of carbonyl (C=O) groups excluding carboxylic acids is 1. The molecular formula is C21H21N3O2. The SMILES string of the molecule is O=C([C@@H]1COc2ccccc2C1)N1CCC[C@H]1c1nc2ccccc2[nH]1. The van der Waals surface area contributed by atoms with Crippen molar-refractivity contribution in [3.05, 3.63) is 59.9 Å². The molecule has 5 rings (SSSR count). The number of aromatic nitrogens is 2. The van der Waals surface area contributed by atoms with Crippen molar-refractivity contribution >= 4 is 16.9 Å². The van der Waals surface area contributed by atoms with E-state index in [1.807, 2.05) is 47.4 Å². The van der Waals surface area contributed by atoms with Crippen LogP contribution < -0.4 is 4.74 Å². The van der Waals surface area contributed by atoms with Gasteiger partial charge in [0.25, 0.3) is 0 Å². The number of aromatic amines is 1. The van der Waals surface area contributed by atoms with E-state index in [4.69, 9.17) is 9.72 Å². The minimum atomic E-state index is -0.116. The molecule has 2 aliphatic rings. The molecule has 1 aromatic heterocycles. The lowest BCUT2D eigenvalue weighted by atomic mass is 9.95. The molecule has 3 aromatic rings. The number of nitrogens with one attached hydrogen (secondary N) is 1. The summed E-state index contributed by atoms with van der Waals surface area (Å²) in [6.07, 6.45) is 2.71. The molecule has 5 nitrogen and oxygen atoms in total. The second-order valence-electron chi connectivity index (χ2n) is 7.15. The zero-order chi connectivity index (χ0) is 17.5. The van der Waals surface area contributed by atoms with Crippen molar-refractivity contribution in [3.8, 4) is 5.75 Å². The first kappa shape index (κ1) is 15.4. The number of carbonyl (C=O) groups is 1. The van der Waals surface area contributed by atoms with Gasteiger partial charge in [0.15, 0.2) is 0 Å². The summed E-state index contributed by atoms with van der Waals surface area (Å²) in [5, 5.41) is 0. The van der Waals surface area contributed by atoms with Gasteiger partial charge in [-0.25, -0.2) is 4.98 Å². The average molecular weight is 347 g/mol. The van der Waals surface area contributed by atoms with Gasteiger partial charge in [-0.05, 0) is 43.0 Å². The van der Waals surface area contributed by atoms with Crippen LogP contribution in [0.1, 0.15) is 30.3 Å². The van der Waals surface area contributed by atoms with Gasteiger partial charge in [0.05, 0.1) is 23.0 Å². The van der Waals surface area contributed by atoms with E-state index in [0.29, 0.717) is 6.61 Å². The van der Waals surface area contributed by atoms with Crippen molar-refractivity contribution in [1.82, 2.24) is 14.9 Å². The molecule has 1 amide bonds. The monoisotopic (exact) mass is 347 g/mol. The minimum absolute atomic E-state index is 0.0343. The number of rotatable bonds is 2. The van der Waals surface area contributed by atoms with Crippen LogP contribution in [0.2, 0.25) is 0 Å². The molecule has 1 N–H and O–H groups in total. The second kappa shape index (κ2) is 6.16. The second-order valence-corrected chi connectivity index (χ2v) is 7.15. The van der Waals surface area contributed by atoms with Crippen molar-refractivity contribution < 1.29 is 9.53 Å². The molecule has 132 valence electrons. The molecule has 0 unspecified atom stereocenters. The standard InChI is InChI=1S/C21H21N3O2/c25-21(15-12-14-6-1-4-10-19(14)26-13-15)24-11-5-9-18(24)20-22-16-7-2-3-8-17(16)23-20/h1-4,6-8,10,15,18H,5,9,11-13H2,(H,22,23)/t15-,18-/m0/s1. The van der Waals surface area contributed by atoms with Crippen molar-refractivity contribution in [2.24, 2.45) is 5.92 Å². The van der Waals surface area contributed by atoms with Crippen molar-refractivity contribution in [2.45, 2.75) is 25.3 Å². The Labute approximate surface area is 152 Å². The predicted octanol–water partition coefficient (Wildman–Crippen LogP) is 3.48. The quantitative estimate of drug-likeness (QED) is 0.772. The van der Waals surface area contributed by atoms with Crippen LogP contribution in [0.5, 0.6) is 5.75 Å². The van der Waals surface area contributed by atoms with Gasteiger partial charge in [-0.1, -0.05) is 30.3 Å². The normalized spacial score (nSPS) is 22.2. The van der Waals surface area contributed by atoms with E-state index in [2.05, 4.69) is 11.1 Å². The summed E-state index contributed by atoms with van der Waals surface area (Å²) in [6, 6.07) is 16.0. The maximum absolute atomic E-state index is 13.2. The lowest BCUT2D eigenvalue weighted by Crippen LogP contribution is -2.40. The minimum Gasteiger partial charge on any atom is -0.492 e. The van der Waals surface area contributed by atoms with Gasteiger partial charge in [-0.3, -0.25) is 4.79 Å². The summed E-state index contributed by atoms with van der Waals surface area (Å²) < 4.78 is 5.83. The van der Waals surface area contributed by atoms with Crippen molar-refractivity contribution in [1.29, 1.82) is 0 Å². The number of amides is 1. The van der Waals surface area contributed by atoms with Crippen LogP contribution in [-0.2, 0) is 11.2 Å². The van der Waals surface area contributed by atoms with E-state index in [1.54, 1.807) is 0 Å². The fourth-order valence-electron chi connectivity index (χ4n) is 4.17. The van der Waals surface area contributed by atoms with Crippen LogP contribution in [0.3, 0.4) is 0 Å². The van der Waals surface area contributed by atoms with Gasteiger partial charge in [0, 0.05) is 6.54 Å². The van der Waals surface area contributed by atoms with Gasteiger partial charge in [-0.15, -0.1) is 0 Å². The van der Waals surface area contributed by atoms with Gasteiger partial charge in [-0.2, -0.15) is 0 Å². The maximum Gasteiger partial charge on any atom is 0.230 e. The summed E-state index contributed by atoms with van der Waals surface area (Å²) in [4.78, 5) is 23.3. The third-order valence-corrected chi connectivity index (χ3v) is 5.49. The van der Waals surface area contributed by atoms with Crippen LogP contribution >= 0.6 is 0 Å². The number of likely N-dealkylation sites (tertiary alicyclic amines) is 1. The molecule has 2 aliphatic heterocycles. The lowest BCUT2D eigenvalue weighted by molar-refractivity contribution is -0.138. The highest BCUT2D eigenvalue weighted by atomic mass is 16.5. The van der Waals surface area contributed by atoms with Gasteiger partial charge >= 0.3 is 0 Å². The Hall–Kier alpha value is -2.82. The number of fused-ring (bicyclic) bond motifs is 2. The summed E-state index contributed by atoms with van der Waals surface area (Å²) in [5.41, 5.74) is 3.10. The predicted molar refractivity (Wildman–Crippen MR) is 98.9 cm³/mol. The smallest absolute Gasteiger partial charge is 0.230 e. The molecule has 0 spiro atoms. The highest BCUT2D eigenvalue weighted by molar-refractivity contribution is 5.81. The molecule has 1 fully saturated rings. The Kier molecular flexibility index (Phi) is 3.66. The molecule has 0 bridgehead atoms. The number of imidazole rings is 1. The number of nitrogens with zero attached hydrogens (tertiary/aromatic N) is 2. The van der Waals surface area contributed by atoms with Crippen LogP contribution in [-0.4, -0.2) is 33.9 Å². The molecule has 26 heavy (non-hydrogen) atoms. The summed E-state index contributed by atoms with van der Waals surface area (Å²) in [6.45, 7) is 1.25. The van der Waals surface area contributed by atoms with E-state index in [0.717, 1.165) is 54.0 Å². The number of benzene rings is 2. The van der Waals surface area contributed by atoms with Crippen molar-refractivity contribution in [2.75, 3.05) is 13.2 Å². The first-order chi connectivity index (χ1) is 12.8. The topological polar surface area (TPSA) is 58.2 Å². The Morgan fingerprint density at radius 2 is 2.00 bits per heavy atom. The molecular weight excluding hydrogens is 326 g/mol. The first-order valence-corrected chi connectivity index (χ1v) is 9.25. The largest absolute Gasteiger partial charge is 0.492 e. The molecule has 2 atom stereocenters. The lowest BCUT2D eigenvalue weighted by Gasteiger charge is -2.30. The maximum atomic E-state index is 13.2. The Morgan fingerprint density at radius 3 is 2.92 bits per heavy atom. The van der Waals surface area contributed by atoms with E-state index >= 15 is 0 Å². The highest BCUT2D eigenvalue weighted by Gasteiger charge is 2.37. The van der Waals surface area contributed by atoms with E-state index in [9.17, 15) is 4.79 Å².